The van der Waals surface area contributed by atoms with Gasteiger partial charge in [0.15, 0.2) is 5.75 Å². The number of furan rings is 1. The minimum atomic E-state index is -0.328. The van der Waals surface area contributed by atoms with Crippen LogP contribution >= 0.6 is 0 Å². The number of ether oxygens (including phenoxy) is 1. The van der Waals surface area contributed by atoms with Crippen molar-refractivity contribution in [3.05, 3.63) is 71.6 Å². The molecule has 0 aliphatic heterocycles. The number of rotatable bonds is 4. The van der Waals surface area contributed by atoms with Gasteiger partial charge in [-0.25, -0.2) is 4.98 Å². The zero-order valence-electron chi connectivity index (χ0n) is 14.8. The Morgan fingerprint density at radius 1 is 1.15 bits per heavy atom. The lowest BCUT2D eigenvalue weighted by atomic mass is 10.1. The highest BCUT2D eigenvalue weighted by Crippen LogP contribution is 2.26. The van der Waals surface area contributed by atoms with Crippen LogP contribution in [0.2, 0.25) is 0 Å². The highest BCUT2D eigenvalue weighted by molar-refractivity contribution is 5.90. The van der Waals surface area contributed by atoms with Crippen molar-refractivity contribution in [2.24, 2.45) is 0 Å². The van der Waals surface area contributed by atoms with Crippen LogP contribution in [-0.2, 0) is 17.6 Å². The van der Waals surface area contributed by atoms with Gasteiger partial charge in [-0.2, -0.15) is 0 Å². The zero-order chi connectivity index (χ0) is 18.1. The summed E-state index contributed by atoms with van der Waals surface area (Å²) in [6.45, 7) is 4.02. The first kappa shape index (κ1) is 16.3. The molecule has 26 heavy (non-hydrogen) atoms. The van der Waals surface area contributed by atoms with Gasteiger partial charge in [-0.3, -0.25) is 4.79 Å². The Labute approximate surface area is 151 Å². The molecule has 0 atom stereocenters. The third kappa shape index (κ3) is 3.06. The smallest absolute Gasteiger partial charge is 0.315 e. The lowest BCUT2D eigenvalue weighted by molar-refractivity contribution is -0.133. The van der Waals surface area contributed by atoms with Gasteiger partial charge in [0.05, 0.1) is 12.7 Å². The Balaban J connectivity index is 1.61. The van der Waals surface area contributed by atoms with E-state index < -0.39 is 0 Å². The highest BCUT2D eigenvalue weighted by atomic mass is 16.5. The molecule has 130 valence electrons. The number of carbonyl (C=O) groups excluding carboxylic acids is 1. The first-order valence-electron chi connectivity index (χ1n) is 8.70. The molecule has 0 bridgehead atoms. The average Bonchev–Trinajstić information content (AvgIpc) is 3.04. The fourth-order valence-electron chi connectivity index (χ4n) is 3.10. The number of pyridine rings is 1. The summed E-state index contributed by atoms with van der Waals surface area (Å²) in [6, 6.07) is 15.6. The molecule has 0 radical (unpaired) electrons. The average molecular weight is 345 g/mol. The minimum Gasteiger partial charge on any atom is -0.464 e. The van der Waals surface area contributed by atoms with Gasteiger partial charge in [0, 0.05) is 22.0 Å². The number of aromatic nitrogens is 1. The largest absolute Gasteiger partial charge is 0.464 e. The van der Waals surface area contributed by atoms with E-state index in [1.54, 1.807) is 12.3 Å². The first-order chi connectivity index (χ1) is 12.6. The quantitative estimate of drug-likeness (QED) is 0.386. The number of para-hydroxylation sites is 1. The molecular weight excluding hydrogens is 326 g/mol. The summed E-state index contributed by atoms with van der Waals surface area (Å²) < 4.78 is 11.2. The molecule has 4 nitrogen and oxygen atoms in total. The van der Waals surface area contributed by atoms with Crippen molar-refractivity contribution in [3.8, 4) is 5.75 Å². The van der Waals surface area contributed by atoms with E-state index in [2.05, 4.69) is 18.0 Å². The van der Waals surface area contributed by atoms with Gasteiger partial charge in [0.25, 0.3) is 0 Å². The van der Waals surface area contributed by atoms with Crippen molar-refractivity contribution in [1.29, 1.82) is 0 Å². The van der Waals surface area contributed by atoms with Crippen LogP contribution in [0, 0.1) is 6.92 Å². The SMILES string of the molecule is CCc1ccc2occ(CC(=O)Oc3cccc4ccc(C)nc34)c2c1. The molecule has 4 heteroatoms. The second-order valence-electron chi connectivity index (χ2n) is 6.38. The van der Waals surface area contributed by atoms with Crippen molar-refractivity contribution in [2.75, 3.05) is 0 Å². The fraction of sp³-hybridized carbons (Fsp3) is 0.182. The van der Waals surface area contributed by atoms with Crippen molar-refractivity contribution in [1.82, 2.24) is 4.98 Å². The maximum absolute atomic E-state index is 12.5. The molecule has 0 aliphatic carbocycles. The Morgan fingerprint density at radius 2 is 2.04 bits per heavy atom. The number of nitrogens with zero attached hydrogens (tertiary/aromatic N) is 1. The molecule has 0 fully saturated rings. The van der Waals surface area contributed by atoms with E-state index in [0.29, 0.717) is 11.3 Å². The van der Waals surface area contributed by atoms with Crippen molar-refractivity contribution >= 4 is 27.8 Å². The van der Waals surface area contributed by atoms with Crippen LogP contribution in [-0.4, -0.2) is 11.0 Å². The third-order valence-electron chi connectivity index (χ3n) is 4.51. The summed E-state index contributed by atoms with van der Waals surface area (Å²) in [7, 11) is 0. The van der Waals surface area contributed by atoms with Crippen LogP contribution in [0.25, 0.3) is 21.9 Å². The van der Waals surface area contributed by atoms with Crippen LogP contribution in [0.4, 0.5) is 0 Å². The van der Waals surface area contributed by atoms with Crippen molar-refractivity contribution in [3.63, 3.8) is 0 Å². The second kappa shape index (κ2) is 6.64. The van der Waals surface area contributed by atoms with Gasteiger partial charge in [-0.15, -0.1) is 0 Å². The van der Waals surface area contributed by atoms with Gasteiger partial charge >= 0.3 is 5.97 Å². The summed E-state index contributed by atoms with van der Waals surface area (Å²) in [5.74, 6) is 0.156. The van der Waals surface area contributed by atoms with E-state index >= 15 is 0 Å². The van der Waals surface area contributed by atoms with Crippen LogP contribution in [0.5, 0.6) is 5.75 Å². The van der Waals surface area contributed by atoms with Crippen LogP contribution < -0.4 is 4.74 Å². The normalized spacial score (nSPS) is 11.2. The standard InChI is InChI=1S/C22H19NO3/c1-3-15-8-10-19-18(11-15)17(13-25-19)12-21(24)26-20-6-4-5-16-9-7-14(2)23-22(16)20/h4-11,13H,3,12H2,1-2H3. The summed E-state index contributed by atoms with van der Waals surface area (Å²) in [6.07, 6.45) is 2.73. The zero-order valence-corrected chi connectivity index (χ0v) is 14.8. The summed E-state index contributed by atoms with van der Waals surface area (Å²) in [5.41, 5.74) is 4.42. The van der Waals surface area contributed by atoms with Gasteiger partial charge in [-0.1, -0.05) is 31.2 Å². The maximum Gasteiger partial charge on any atom is 0.315 e. The maximum atomic E-state index is 12.5. The van der Waals surface area contributed by atoms with Crippen molar-refractivity contribution < 1.29 is 13.9 Å². The summed E-state index contributed by atoms with van der Waals surface area (Å²) in [4.78, 5) is 17.0. The number of carbonyl (C=O) groups is 1. The number of hydrogen-bond donors (Lipinski definition) is 0. The minimum absolute atomic E-state index is 0.155. The molecule has 0 unspecified atom stereocenters. The Kier molecular flexibility index (Phi) is 4.17. The fourth-order valence-corrected chi connectivity index (χ4v) is 3.10. The molecule has 0 aliphatic rings. The van der Waals surface area contributed by atoms with Crippen LogP contribution in [0.3, 0.4) is 0 Å². The lowest BCUT2D eigenvalue weighted by Gasteiger charge is -2.07. The van der Waals surface area contributed by atoms with Gasteiger partial charge in [-0.05, 0) is 43.2 Å². The Bertz CT molecular complexity index is 1110. The molecule has 2 aromatic carbocycles. The number of fused-ring (bicyclic) bond motifs is 2. The molecule has 2 aromatic heterocycles. The van der Waals surface area contributed by atoms with E-state index in [-0.39, 0.29) is 12.4 Å². The van der Waals surface area contributed by atoms with Gasteiger partial charge in [0.1, 0.15) is 11.1 Å². The van der Waals surface area contributed by atoms with E-state index in [4.69, 9.17) is 9.15 Å². The molecule has 4 rings (SSSR count). The van der Waals surface area contributed by atoms with Gasteiger partial charge in [0.2, 0.25) is 0 Å². The van der Waals surface area contributed by atoms with Crippen LogP contribution in [0.15, 0.2) is 59.2 Å². The summed E-state index contributed by atoms with van der Waals surface area (Å²) >= 11 is 0. The first-order valence-corrected chi connectivity index (χ1v) is 8.70. The topological polar surface area (TPSA) is 52.3 Å². The second-order valence-corrected chi connectivity index (χ2v) is 6.38. The lowest BCUT2D eigenvalue weighted by Crippen LogP contribution is -2.11. The predicted octanol–water partition coefficient (Wildman–Crippen LogP) is 5.00. The van der Waals surface area contributed by atoms with E-state index in [1.807, 2.05) is 43.3 Å². The number of esters is 1. The van der Waals surface area contributed by atoms with E-state index in [9.17, 15) is 4.79 Å². The monoisotopic (exact) mass is 345 g/mol. The van der Waals surface area contributed by atoms with Crippen molar-refractivity contribution in [2.45, 2.75) is 26.7 Å². The predicted molar refractivity (Wildman–Crippen MR) is 101 cm³/mol. The molecular formula is C22H19NO3. The molecule has 2 heterocycles. The Morgan fingerprint density at radius 3 is 2.88 bits per heavy atom. The highest BCUT2D eigenvalue weighted by Gasteiger charge is 2.14. The number of benzene rings is 2. The van der Waals surface area contributed by atoms with E-state index in [0.717, 1.165) is 34.0 Å². The molecule has 0 N–H and O–H groups in total. The summed E-state index contributed by atoms with van der Waals surface area (Å²) in [5, 5.41) is 1.91. The van der Waals surface area contributed by atoms with Crippen LogP contribution in [0.1, 0.15) is 23.7 Å². The Hall–Kier alpha value is -3.14. The van der Waals surface area contributed by atoms with E-state index in [1.165, 1.54) is 5.56 Å². The molecule has 4 aromatic rings. The van der Waals surface area contributed by atoms with Gasteiger partial charge < -0.3 is 9.15 Å². The number of hydrogen-bond acceptors (Lipinski definition) is 4. The molecule has 0 saturated carbocycles. The molecule has 0 saturated heterocycles. The number of aryl methyl sites for hydroxylation is 2. The third-order valence-corrected chi connectivity index (χ3v) is 4.51. The molecule has 0 spiro atoms. The molecule has 0 amide bonds.